The van der Waals surface area contributed by atoms with Gasteiger partial charge in [0.2, 0.25) is 15.9 Å². The SMILES string of the molecule is CC(C)N=c1ccccn1C(=O)CCCN(C)S(=O)(=O)c1ccc(F)cc1. The third-order valence-corrected chi connectivity index (χ3v) is 5.75. The number of aromatic nitrogens is 1. The zero-order valence-corrected chi connectivity index (χ0v) is 16.5. The fourth-order valence-corrected chi connectivity index (χ4v) is 3.70. The molecule has 0 spiro atoms. The van der Waals surface area contributed by atoms with Crippen LogP contribution in [0.4, 0.5) is 4.39 Å². The lowest BCUT2D eigenvalue weighted by molar-refractivity contribution is 0.0892. The first-order valence-electron chi connectivity index (χ1n) is 8.68. The summed E-state index contributed by atoms with van der Waals surface area (Å²) in [5.41, 5.74) is 0.574. The summed E-state index contributed by atoms with van der Waals surface area (Å²) < 4.78 is 40.6. The van der Waals surface area contributed by atoms with Gasteiger partial charge in [-0.2, -0.15) is 0 Å². The van der Waals surface area contributed by atoms with Crippen molar-refractivity contribution in [3.05, 3.63) is 60.0 Å². The molecule has 0 aliphatic rings. The Morgan fingerprint density at radius 2 is 1.85 bits per heavy atom. The number of sulfonamides is 1. The first-order chi connectivity index (χ1) is 12.7. The van der Waals surface area contributed by atoms with E-state index in [0.717, 1.165) is 12.1 Å². The topological polar surface area (TPSA) is 71.7 Å². The third kappa shape index (κ3) is 5.58. The summed E-state index contributed by atoms with van der Waals surface area (Å²) in [7, 11) is -2.27. The van der Waals surface area contributed by atoms with Crippen molar-refractivity contribution in [1.29, 1.82) is 0 Å². The van der Waals surface area contributed by atoms with E-state index in [9.17, 15) is 17.6 Å². The molecule has 146 valence electrons. The number of carbonyl (C=O) groups is 1. The van der Waals surface area contributed by atoms with E-state index in [1.807, 2.05) is 19.9 Å². The first kappa shape index (κ1) is 21.0. The molecule has 0 fully saturated rings. The van der Waals surface area contributed by atoms with E-state index in [2.05, 4.69) is 4.99 Å². The average molecular weight is 393 g/mol. The summed E-state index contributed by atoms with van der Waals surface area (Å²) in [6.07, 6.45) is 2.19. The van der Waals surface area contributed by atoms with Crippen LogP contribution in [0, 0.1) is 5.82 Å². The predicted molar refractivity (Wildman–Crippen MR) is 101 cm³/mol. The van der Waals surface area contributed by atoms with Crippen LogP contribution in [0.15, 0.2) is 58.5 Å². The van der Waals surface area contributed by atoms with Gasteiger partial charge in [0, 0.05) is 32.3 Å². The number of hydrogen-bond acceptors (Lipinski definition) is 4. The Morgan fingerprint density at radius 3 is 2.48 bits per heavy atom. The Bertz CT molecular complexity index is 951. The van der Waals surface area contributed by atoms with E-state index in [4.69, 9.17) is 0 Å². The number of benzene rings is 1. The summed E-state index contributed by atoms with van der Waals surface area (Å²) >= 11 is 0. The smallest absolute Gasteiger partial charge is 0.242 e. The molecule has 0 saturated heterocycles. The fraction of sp³-hybridized carbons (Fsp3) is 0.368. The summed E-state index contributed by atoms with van der Waals surface area (Å²) in [5, 5.41) is 0. The number of nitrogens with zero attached hydrogens (tertiary/aromatic N) is 3. The fourth-order valence-electron chi connectivity index (χ4n) is 2.49. The van der Waals surface area contributed by atoms with Crippen LogP contribution in [0.3, 0.4) is 0 Å². The van der Waals surface area contributed by atoms with Gasteiger partial charge in [0.1, 0.15) is 11.3 Å². The Morgan fingerprint density at radius 1 is 1.19 bits per heavy atom. The van der Waals surface area contributed by atoms with Crippen LogP contribution in [-0.4, -0.2) is 42.8 Å². The van der Waals surface area contributed by atoms with Crippen molar-refractivity contribution in [1.82, 2.24) is 8.87 Å². The van der Waals surface area contributed by atoms with Gasteiger partial charge in [0.05, 0.1) is 4.90 Å². The minimum Gasteiger partial charge on any atom is -0.274 e. The van der Waals surface area contributed by atoms with E-state index >= 15 is 0 Å². The zero-order chi connectivity index (χ0) is 20.0. The lowest BCUT2D eigenvalue weighted by atomic mass is 10.3. The normalized spacial score (nSPS) is 12.7. The molecule has 1 heterocycles. The molecule has 0 aliphatic carbocycles. The summed E-state index contributed by atoms with van der Waals surface area (Å²) in [5.74, 6) is -0.646. The van der Waals surface area contributed by atoms with Gasteiger partial charge in [0.15, 0.2) is 0 Å². The molecular weight excluding hydrogens is 369 g/mol. The molecule has 8 heteroatoms. The standard InChI is InChI=1S/C19H24FN3O3S/c1-15(2)21-18-7-4-5-14-23(18)19(24)8-6-13-22(3)27(25,26)17-11-9-16(20)10-12-17/h4-5,7,9-12,14-15H,6,8,13H2,1-3H3. The Balaban J connectivity index is 2.02. The van der Waals surface area contributed by atoms with Crippen LogP contribution < -0.4 is 5.49 Å². The Hall–Kier alpha value is -2.32. The highest BCUT2D eigenvalue weighted by Gasteiger charge is 2.20. The van der Waals surface area contributed by atoms with E-state index in [1.165, 1.54) is 28.1 Å². The van der Waals surface area contributed by atoms with Crippen LogP contribution in [0.25, 0.3) is 0 Å². The molecule has 6 nitrogen and oxygen atoms in total. The molecule has 0 aliphatic heterocycles. The van der Waals surface area contributed by atoms with Gasteiger partial charge < -0.3 is 0 Å². The van der Waals surface area contributed by atoms with Crippen molar-refractivity contribution in [3.8, 4) is 0 Å². The van der Waals surface area contributed by atoms with Crippen molar-refractivity contribution in [2.24, 2.45) is 4.99 Å². The maximum absolute atomic E-state index is 13.0. The third-order valence-electron chi connectivity index (χ3n) is 3.88. The van der Waals surface area contributed by atoms with E-state index in [-0.39, 0.29) is 29.8 Å². The van der Waals surface area contributed by atoms with Gasteiger partial charge >= 0.3 is 0 Å². The number of halogens is 1. The second kappa shape index (κ2) is 9.05. The van der Waals surface area contributed by atoms with Crippen LogP contribution in [0.2, 0.25) is 0 Å². The number of pyridine rings is 1. The van der Waals surface area contributed by atoms with Gasteiger partial charge in [-0.3, -0.25) is 14.4 Å². The number of rotatable bonds is 7. The zero-order valence-electron chi connectivity index (χ0n) is 15.7. The molecule has 0 bridgehead atoms. The van der Waals surface area contributed by atoms with Crippen LogP contribution in [0.5, 0.6) is 0 Å². The lowest BCUT2D eigenvalue weighted by Gasteiger charge is -2.17. The molecular formula is C19H24FN3O3S. The minimum atomic E-state index is -3.71. The van der Waals surface area contributed by atoms with Crippen molar-refractivity contribution in [2.45, 2.75) is 37.6 Å². The monoisotopic (exact) mass is 393 g/mol. The maximum atomic E-state index is 13.0. The van der Waals surface area contributed by atoms with Crippen molar-refractivity contribution >= 4 is 15.9 Å². The lowest BCUT2D eigenvalue weighted by Crippen LogP contribution is -2.30. The second-order valence-electron chi connectivity index (χ2n) is 6.43. The largest absolute Gasteiger partial charge is 0.274 e. The molecule has 0 amide bonds. The van der Waals surface area contributed by atoms with Crippen LogP contribution in [-0.2, 0) is 10.0 Å². The van der Waals surface area contributed by atoms with Crippen molar-refractivity contribution < 1.29 is 17.6 Å². The molecule has 0 radical (unpaired) electrons. The van der Waals surface area contributed by atoms with Crippen molar-refractivity contribution in [3.63, 3.8) is 0 Å². The Kier molecular flexibility index (Phi) is 7.04. The maximum Gasteiger partial charge on any atom is 0.242 e. The highest BCUT2D eigenvalue weighted by Crippen LogP contribution is 2.15. The van der Waals surface area contributed by atoms with Gasteiger partial charge in [-0.1, -0.05) is 6.07 Å². The highest BCUT2D eigenvalue weighted by molar-refractivity contribution is 7.89. The van der Waals surface area contributed by atoms with E-state index in [0.29, 0.717) is 11.9 Å². The van der Waals surface area contributed by atoms with Gasteiger partial charge in [-0.15, -0.1) is 0 Å². The molecule has 0 unspecified atom stereocenters. The quantitative estimate of drug-likeness (QED) is 0.726. The summed E-state index contributed by atoms with van der Waals surface area (Å²) in [4.78, 5) is 16.9. The molecule has 2 aromatic rings. The van der Waals surface area contributed by atoms with Gasteiger partial charge in [-0.25, -0.2) is 17.1 Å². The summed E-state index contributed by atoms with van der Waals surface area (Å²) in [6, 6.07) is 10.1. The van der Waals surface area contributed by atoms with Crippen LogP contribution >= 0.6 is 0 Å². The van der Waals surface area contributed by atoms with E-state index in [1.54, 1.807) is 18.3 Å². The number of hydrogen-bond donors (Lipinski definition) is 0. The highest BCUT2D eigenvalue weighted by atomic mass is 32.2. The molecule has 2 rings (SSSR count). The van der Waals surface area contributed by atoms with E-state index < -0.39 is 15.8 Å². The Labute approximate surface area is 159 Å². The van der Waals surface area contributed by atoms with Gasteiger partial charge in [0.25, 0.3) is 0 Å². The van der Waals surface area contributed by atoms with Gasteiger partial charge in [-0.05, 0) is 56.7 Å². The molecule has 0 N–H and O–H groups in total. The van der Waals surface area contributed by atoms with Crippen molar-refractivity contribution in [2.75, 3.05) is 13.6 Å². The molecule has 0 saturated carbocycles. The molecule has 1 aromatic heterocycles. The minimum absolute atomic E-state index is 0.0215. The molecule has 1 aromatic carbocycles. The summed E-state index contributed by atoms with van der Waals surface area (Å²) in [6.45, 7) is 4.03. The molecule has 27 heavy (non-hydrogen) atoms. The second-order valence-corrected chi connectivity index (χ2v) is 8.47. The average Bonchev–Trinajstić information content (AvgIpc) is 2.61. The first-order valence-corrected chi connectivity index (χ1v) is 10.1. The molecule has 0 atom stereocenters. The number of carbonyl (C=O) groups excluding carboxylic acids is 1. The predicted octanol–water partition coefficient (Wildman–Crippen LogP) is 2.68. The van der Waals surface area contributed by atoms with Crippen LogP contribution in [0.1, 0.15) is 31.5 Å².